The zero-order valence-electron chi connectivity index (χ0n) is 15.2. The Bertz CT molecular complexity index is 714. The molecule has 26 heavy (non-hydrogen) atoms. The number of likely N-dealkylation sites (tertiary alicyclic amines) is 1. The van der Waals surface area contributed by atoms with E-state index in [4.69, 9.17) is 4.42 Å². The van der Waals surface area contributed by atoms with E-state index in [-0.39, 0.29) is 17.9 Å². The fourth-order valence-corrected chi connectivity index (χ4v) is 3.27. The number of carbonyl (C=O) groups excluding carboxylic acids is 2. The summed E-state index contributed by atoms with van der Waals surface area (Å²) >= 11 is 0. The van der Waals surface area contributed by atoms with Crippen LogP contribution in [0.25, 0.3) is 0 Å². The second-order valence-electron chi connectivity index (χ2n) is 6.85. The van der Waals surface area contributed by atoms with Crippen LogP contribution in [0.2, 0.25) is 0 Å². The van der Waals surface area contributed by atoms with Crippen molar-refractivity contribution in [3.8, 4) is 0 Å². The molecule has 5 nitrogen and oxygen atoms in total. The highest BCUT2D eigenvalue weighted by molar-refractivity contribution is 5.95. The molecule has 0 atom stereocenters. The summed E-state index contributed by atoms with van der Waals surface area (Å²) in [6.45, 7) is 3.46. The summed E-state index contributed by atoms with van der Waals surface area (Å²) in [7, 11) is 0. The van der Waals surface area contributed by atoms with Crippen LogP contribution in [0.5, 0.6) is 0 Å². The highest BCUT2D eigenvalue weighted by Crippen LogP contribution is 2.15. The van der Waals surface area contributed by atoms with Crippen molar-refractivity contribution in [1.82, 2.24) is 10.2 Å². The number of piperidine rings is 1. The molecule has 2 aromatic rings. The maximum Gasteiger partial charge on any atom is 0.257 e. The van der Waals surface area contributed by atoms with Gasteiger partial charge in [0.2, 0.25) is 0 Å². The van der Waals surface area contributed by atoms with Crippen molar-refractivity contribution in [2.24, 2.45) is 0 Å². The van der Waals surface area contributed by atoms with Gasteiger partial charge in [0.15, 0.2) is 0 Å². The molecule has 138 valence electrons. The fraction of sp³-hybridized carbons (Fsp3) is 0.429. The van der Waals surface area contributed by atoms with Crippen molar-refractivity contribution in [2.75, 3.05) is 13.1 Å². The van der Waals surface area contributed by atoms with E-state index < -0.39 is 0 Å². The predicted molar refractivity (Wildman–Crippen MR) is 100 cm³/mol. The van der Waals surface area contributed by atoms with Gasteiger partial charge in [0, 0.05) is 24.7 Å². The normalized spacial score (nSPS) is 15.0. The van der Waals surface area contributed by atoms with E-state index in [1.165, 1.54) is 30.9 Å². The summed E-state index contributed by atoms with van der Waals surface area (Å²) in [5.41, 5.74) is 2.55. The molecule has 0 aliphatic carbocycles. The Morgan fingerprint density at radius 1 is 1.12 bits per heavy atom. The van der Waals surface area contributed by atoms with Crippen molar-refractivity contribution in [2.45, 2.75) is 45.1 Å². The number of amides is 2. The van der Waals surface area contributed by atoms with E-state index in [1.54, 1.807) is 6.07 Å². The largest absolute Gasteiger partial charge is 0.472 e. The smallest absolute Gasteiger partial charge is 0.257 e. The van der Waals surface area contributed by atoms with Crippen molar-refractivity contribution < 1.29 is 14.0 Å². The van der Waals surface area contributed by atoms with Gasteiger partial charge >= 0.3 is 0 Å². The number of unbranched alkanes of at least 4 members (excludes halogenated alkanes) is 1. The van der Waals surface area contributed by atoms with Gasteiger partial charge in [-0.15, -0.1) is 0 Å². The van der Waals surface area contributed by atoms with E-state index in [9.17, 15) is 9.59 Å². The lowest BCUT2D eigenvalue weighted by atomic mass is 10.0. The number of hydrogen-bond acceptors (Lipinski definition) is 3. The van der Waals surface area contributed by atoms with Gasteiger partial charge in [-0.25, -0.2) is 0 Å². The number of hydrogen-bond donors (Lipinski definition) is 1. The third-order valence-corrected chi connectivity index (χ3v) is 4.92. The average molecular weight is 354 g/mol. The first-order valence-corrected chi connectivity index (χ1v) is 9.38. The first-order chi connectivity index (χ1) is 12.7. The van der Waals surface area contributed by atoms with Crippen LogP contribution >= 0.6 is 0 Å². The van der Waals surface area contributed by atoms with Crippen molar-refractivity contribution in [1.29, 1.82) is 0 Å². The molecular formula is C21H26N2O3. The summed E-state index contributed by atoms with van der Waals surface area (Å²) in [6, 6.07) is 9.67. The number of benzene rings is 1. The van der Waals surface area contributed by atoms with Crippen molar-refractivity contribution in [3.05, 3.63) is 59.5 Å². The molecule has 0 saturated carbocycles. The maximum atomic E-state index is 12.4. The Hall–Kier alpha value is -2.56. The van der Waals surface area contributed by atoms with Gasteiger partial charge in [0.25, 0.3) is 11.8 Å². The highest BCUT2D eigenvalue weighted by Gasteiger charge is 2.25. The molecular weight excluding hydrogens is 328 g/mol. The molecule has 0 bridgehead atoms. The van der Waals surface area contributed by atoms with Crippen LogP contribution in [0.15, 0.2) is 47.3 Å². The number of aryl methyl sites for hydroxylation is 1. The molecule has 1 aromatic carbocycles. The van der Waals surface area contributed by atoms with Gasteiger partial charge in [-0.05, 0) is 49.4 Å². The molecule has 1 fully saturated rings. The molecule has 0 unspecified atom stereocenters. The number of furan rings is 1. The molecule has 3 rings (SSSR count). The summed E-state index contributed by atoms with van der Waals surface area (Å²) in [4.78, 5) is 26.5. The summed E-state index contributed by atoms with van der Waals surface area (Å²) < 4.78 is 4.97. The highest BCUT2D eigenvalue weighted by atomic mass is 16.3. The Balaban J connectivity index is 1.48. The quantitative estimate of drug-likeness (QED) is 0.861. The van der Waals surface area contributed by atoms with Crippen molar-refractivity contribution in [3.63, 3.8) is 0 Å². The van der Waals surface area contributed by atoms with Crippen LogP contribution in [-0.4, -0.2) is 35.8 Å². The van der Waals surface area contributed by atoms with Gasteiger partial charge in [-0.1, -0.05) is 25.5 Å². The molecule has 5 heteroatoms. The second kappa shape index (κ2) is 8.70. The number of nitrogens with zero attached hydrogens (tertiary/aromatic N) is 1. The molecule has 1 aliphatic heterocycles. The Kier molecular flexibility index (Phi) is 6.10. The second-order valence-corrected chi connectivity index (χ2v) is 6.85. The molecule has 1 saturated heterocycles. The minimum absolute atomic E-state index is 0.00815. The van der Waals surface area contributed by atoms with Gasteiger partial charge in [-0.2, -0.15) is 0 Å². The number of carbonyl (C=O) groups is 2. The molecule has 2 amide bonds. The Labute approximate surface area is 154 Å². The minimum atomic E-state index is -0.0355. The van der Waals surface area contributed by atoms with Crippen molar-refractivity contribution >= 4 is 11.8 Å². The van der Waals surface area contributed by atoms with Crippen LogP contribution in [0.1, 0.15) is 58.9 Å². The van der Waals surface area contributed by atoms with E-state index >= 15 is 0 Å². The zero-order valence-corrected chi connectivity index (χ0v) is 15.2. The lowest BCUT2D eigenvalue weighted by Gasteiger charge is -2.32. The predicted octanol–water partition coefficient (Wildman–Crippen LogP) is 3.66. The molecule has 2 heterocycles. The molecule has 1 N–H and O–H groups in total. The summed E-state index contributed by atoms with van der Waals surface area (Å²) in [6.07, 6.45) is 7.91. The van der Waals surface area contributed by atoms with Gasteiger partial charge in [-0.3, -0.25) is 9.59 Å². The lowest BCUT2D eigenvalue weighted by Crippen LogP contribution is -2.46. The summed E-state index contributed by atoms with van der Waals surface area (Å²) in [5.74, 6) is -0.0437. The molecule has 0 radical (unpaired) electrons. The first-order valence-electron chi connectivity index (χ1n) is 9.38. The maximum absolute atomic E-state index is 12.4. The SMILES string of the molecule is CCCCc1ccc(C(=O)NC2CCN(C(=O)c3ccoc3)CC2)cc1. The number of nitrogens with one attached hydrogen (secondary N) is 1. The standard InChI is InChI=1S/C21H26N2O3/c1-2-3-4-16-5-7-17(8-6-16)20(24)22-19-9-12-23(13-10-19)21(25)18-11-14-26-15-18/h5-8,11,14-15,19H,2-4,9-10,12-13H2,1H3,(H,22,24). The topological polar surface area (TPSA) is 62.6 Å². The lowest BCUT2D eigenvalue weighted by molar-refractivity contribution is 0.0697. The zero-order chi connectivity index (χ0) is 18.4. The van der Waals surface area contributed by atoms with E-state index in [0.717, 1.165) is 19.3 Å². The van der Waals surface area contributed by atoms with Crippen LogP contribution in [0.4, 0.5) is 0 Å². The van der Waals surface area contributed by atoms with Crippen LogP contribution < -0.4 is 5.32 Å². The Morgan fingerprint density at radius 2 is 1.85 bits per heavy atom. The Morgan fingerprint density at radius 3 is 2.46 bits per heavy atom. The van der Waals surface area contributed by atoms with Gasteiger partial charge in [0.1, 0.15) is 6.26 Å². The van der Waals surface area contributed by atoms with Crippen LogP contribution in [0, 0.1) is 0 Å². The van der Waals surface area contributed by atoms with E-state index in [1.807, 2.05) is 29.2 Å². The fourth-order valence-electron chi connectivity index (χ4n) is 3.27. The summed E-state index contributed by atoms with van der Waals surface area (Å²) in [5, 5.41) is 3.10. The average Bonchev–Trinajstić information content (AvgIpc) is 3.21. The third-order valence-electron chi connectivity index (χ3n) is 4.92. The molecule has 1 aliphatic rings. The van der Waals surface area contributed by atoms with Crippen LogP contribution in [-0.2, 0) is 6.42 Å². The van der Waals surface area contributed by atoms with Crippen LogP contribution in [0.3, 0.4) is 0 Å². The number of rotatable bonds is 6. The van der Waals surface area contributed by atoms with E-state index in [2.05, 4.69) is 12.2 Å². The van der Waals surface area contributed by atoms with Gasteiger partial charge in [0.05, 0.1) is 11.8 Å². The third kappa shape index (κ3) is 4.54. The molecule has 1 aromatic heterocycles. The van der Waals surface area contributed by atoms with E-state index in [0.29, 0.717) is 24.2 Å². The molecule has 0 spiro atoms. The minimum Gasteiger partial charge on any atom is -0.472 e. The van der Waals surface area contributed by atoms with Gasteiger partial charge < -0.3 is 14.6 Å². The monoisotopic (exact) mass is 354 g/mol. The first kappa shape index (κ1) is 18.2.